The molecule has 7 aromatic rings. The van der Waals surface area contributed by atoms with Gasteiger partial charge in [-0.05, 0) is 56.6 Å². The van der Waals surface area contributed by atoms with E-state index in [4.69, 9.17) is 0 Å². The highest BCUT2D eigenvalue weighted by Crippen LogP contribution is 2.48. The monoisotopic (exact) mass is 684 g/mol. The van der Waals surface area contributed by atoms with Crippen LogP contribution in [0, 0.1) is 0 Å². The van der Waals surface area contributed by atoms with E-state index in [0.717, 1.165) is 9.13 Å². The summed E-state index contributed by atoms with van der Waals surface area (Å²) in [6.07, 6.45) is 0. The van der Waals surface area contributed by atoms with Crippen LogP contribution >= 0.6 is 0 Å². The molecule has 4 atom stereocenters. The first-order valence-corrected chi connectivity index (χ1v) is 15.3. The van der Waals surface area contributed by atoms with Crippen LogP contribution in [0.2, 0.25) is 0 Å². The first kappa shape index (κ1) is 28.0. The smallest absolute Gasteiger partial charge is 0.260 e. The lowest BCUT2D eigenvalue weighted by Gasteiger charge is -2.23. The van der Waals surface area contributed by atoms with Gasteiger partial charge in [-0.25, -0.2) is 35.1 Å². The Morgan fingerprint density at radius 2 is 0.680 bits per heavy atom. The minimum atomic E-state index is -2.02. The van der Waals surface area contributed by atoms with E-state index in [9.17, 15) is 35.9 Å². The lowest BCUT2D eigenvalue weighted by molar-refractivity contribution is 0.332. The van der Waals surface area contributed by atoms with Gasteiger partial charge in [0, 0.05) is 32.3 Å². The molecule has 2 aliphatic carbocycles. The molecule has 14 heteroatoms. The molecule has 4 unspecified atom stereocenters. The molecule has 5 aromatic carbocycles. The Hall–Kier alpha value is -5.92. The number of aromatic nitrogens is 2. The third kappa shape index (κ3) is 2.84. The summed E-state index contributed by atoms with van der Waals surface area (Å²) in [7, 11) is 0. The molecule has 6 nitrogen and oxygen atoms in total. The number of benzene rings is 5. The lowest BCUT2D eigenvalue weighted by Crippen LogP contribution is -2.36. The highest BCUT2D eigenvalue weighted by molar-refractivity contribution is 6.39. The summed E-state index contributed by atoms with van der Waals surface area (Å²) in [6.45, 7) is 0. The topological polar surface area (TPSA) is 68.7 Å². The van der Waals surface area contributed by atoms with Crippen LogP contribution in [0.1, 0.15) is 12.1 Å². The zero-order chi connectivity index (χ0) is 34.4. The highest BCUT2D eigenvalue weighted by atomic mass is 19.2. The van der Waals surface area contributed by atoms with E-state index in [1.807, 2.05) is 0 Å². The molecular weight excluding hydrogens is 672 g/mol. The summed E-state index contributed by atoms with van der Waals surface area (Å²) in [6, 6.07) is 5.49. The number of hydrogen-bond donors (Lipinski definition) is 0. The van der Waals surface area contributed by atoms with Crippen molar-refractivity contribution >= 4 is 64.6 Å². The van der Waals surface area contributed by atoms with Crippen LogP contribution in [-0.4, -0.2) is 21.2 Å². The Balaban J connectivity index is 1.27. The maximum Gasteiger partial charge on any atom is 0.260 e. The maximum absolute atomic E-state index is 15.1. The van der Waals surface area contributed by atoms with Crippen LogP contribution in [0.15, 0.2) is 115 Å². The molecule has 0 saturated carbocycles. The Morgan fingerprint density at radius 1 is 0.400 bits per heavy atom. The molecule has 0 amide bonds. The van der Waals surface area contributed by atoms with Gasteiger partial charge in [0.1, 0.15) is 35.1 Å². The molecule has 0 saturated heterocycles. The van der Waals surface area contributed by atoms with Crippen LogP contribution in [0.25, 0.3) is 64.6 Å². The SMILES string of the molecule is O=c1c2ccc3c4ccc5c6n(c(=O)c7ccc(c8ccc(c9n1C1C(F)=C(F)C(F)=C(F)C1N=9)c2c38)c4c75)C1C(F)=C(F)C(F)=C(F)C1N=6. The second kappa shape index (κ2) is 8.62. The van der Waals surface area contributed by atoms with E-state index in [0.29, 0.717) is 53.9 Å². The molecule has 0 N–H and O–H groups in total. The molecule has 0 bridgehead atoms. The zero-order valence-corrected chi connectivity index (χ0v) is 24.6. The maximum atomic E-state index is 15.1. The van der Waals surface area contributed by atoms with Crippen molar-refractivity contribution < 1.29 is 35.1 Å². The van der Waals surface area contributed by atoms with Gasteiger partial charge in [0.25, 0.3) is 11.1 Å². The van der Waals surface area contributed by atoms with Gasteiger partial charge >= 0.3 is 0 Å². The van der Waals surface area contributed by atoms with Gasteiger partial charge in [-0.2, -0.15) is 0 Å². The van der Waals surface area contributed by atoms with Crippen molar-refractivity contribution in [3.05, 3.63) is 127 Å². The minimum Gasteiger partial charge on any atom is -0.280 e. The van der Waals surface area contributed by atoms with Gasteiger partial charge in [0.2, 0.25) is 0 Å². The quantitative estimate of drug-likeness (QED) is 0.0943. The number of halogens is 8. The van der Waals surface area contributed by atoms with Crippen LogP contribution in [0.3, 0.4) is 0 Å². The predicted octanol–water partition coefficient (Wildman–Crippen LogP) is 7.52. The second-order valence-corrected chi connectivity index (χ2v) is 12.8. The highest BCUT2D eigenvalue weighted by Gasteiger charge is 2.47. The number of hydrogen-bond acceptors (Lipinski definition) is 4. The third-order valence-corrected chi connectivity index (χ3v) is 10.7. The zero-order valence-electron chi connectivity index (χ0n) is 24.6. The molecule has 0 fully saturated rings. The molecule has 244 valence electrons. The van der Waals surface area contributed by atoms with Gasteiger partial charge in [-0.15, -0.1) is 0 Å². The molecule has 0 radical (unpaired) electrons. The van der Waals surface area contributed by atoms with Gasteiger partial charge in [0.05, 0.1) is 0 Å². The van der Waals surface area contributed by atoms with Crippen LogP contribution < -0.4 is 22.1 Å². The molecule has 2 aliphatic heterocycles. The van der Waals surface area contributed by atoms with Crippen molar-refractivity contribution in [1.29, 1.82) is 0 Å². The van der Waals surface area contributed by atoms with Gasteiger partial charge < -0.3 is 0 Å². The predicted molar refractivity (Wildman–Crippen MR) is 167 cm³/mol. The van der Waals surface area contributed by atoms with Gasteiger partial charge in [-0.1, -0.05) is 24.3 Å². The molecule has 11 rings (SSSR count). The van der Waals surface area contributed by atoms with E-state index in [1.165, 1.54) is 12.1 Å². The van der Waals surface area contributed by atoms with E-state index >= 15 is 8.78 Å². The fourth-order valence-electron chi connectivity index (χ4n) is 8.63. The minimum absolute atomic E-state index is 0.0938. The Kier molecular flexibility index (Phi) is 4.82. The summed E-state index contributed by atoms with van der Waals surface area (Å²) in [4.78, 5) is 36.3. The van der Waals surface area contributed by atoms with Crippen LogP contribution in [0.4, 0.5) is 35.1 Å². The molecule has 0 spiro atoms. The summed E-state index contributed by atoms with van der Waals surface area (Å²) < 4.78 is 119. The van der Waals surface area contributed by atoms with Crippen molar-refractivity contribution in [2.45, 2.75) is 24.2 Å². The standard InChI is InChI=1S/C36H12F8N4O2/c37-21-23(39)27(43)31-29(25(21)41)45-33-13-5-1-9-11-3-7-16-20-14(34-46-30-26(42)22(38)24(40)28(44)32(30)48(34)36(16)50)6-2-10(18(11)20)12-4-8-15(19(13)17(9)12)35(49)47(31)33/h1-8,29-32H. The van der Waals surface area contributed by atoms with Crippen molar-refractivity contribution in [2.75, 3.05) is 0 Å². The largest absolute Gasteiger partial charge is 0.280 e. The first-order chi connectivity index (χ1) is 24.0. The van der Waals surface area contributed by atoms with Crippen molar-refractivity contribution in [1.82, 2.24) is 9.13 Å². The van der Waals surface area contributed by atoms with Gasteiger partial charge in [-0.3, -0.25) is 28.7 Å². The fraction of sp³-hybridized carbons (Fsp3) is 0.111. The van der Waals surface area contributed by atoms with E-state index in [1.54, 1.807) is 36.4 Å². The number of pyridine rings is 2. The van der Waals surface area contributed by atoms with Crippen molar-refractivity contribution in [3.63, 3.8) is 0 Å². The number of fused-ring (bicyclic) bond motifs is 10. The molecule has 4 heterocycles. The molecule has 2 aromatic heterocycles. The average molecular weight is 685 g/mol. The number of rotatable bonds is 0. The second-order valence-electron chi connectivity index (χ2n) is 12.8. The van der Waals surface area contributed by atoms with E-state index < -0.39 is 81.9 Å². The van der Waals surface area contributed by atoms with Crippen molar-refractivity contribution in [2.24, 2.45) is 9.98 Å². The average Bonchev–Trinajstić information content (AvgIpc) is 3.73. The molecule has 4 aliphatic rings. The van der Waals surface area contributed by atoms with E-state index in [2.05, 4.69) is 9.98 Å². The fourth-order valence-corrected chi connectivity index (χ4v) is 8.63. The Morgan fingerprint density at radius 3 is 1.04 bits per heavy atom. The summed E-state index contributed by atoms with van der Waals surface area (Å²) in [5, 5.41) is 5.16. The van der Waals surface area contributed by atoms with Crippen LogP contribution in [-0.2, 0) is 0 Å². The Bertz CT molecular complexity index is 3030. The third-order valence-electron chi connectivity index (χ3n) is 10.7. The van der Waals surface area contributed by atoms with E-state index in [-0.39, 0.29) is 21.7 Å². The Labute approximate surface area is 269 Å². The first-order valence-electron chi connectivity index (χ1n) is 15.3. The molecular formula is C36H12F8N4O2. The number of allylic oxidation sites excluding steroid dienone is 4. The normalized spacial score (nSPS) is 23.4. The van der Waals surface area contributed by atoms with Crippen molar-refractivity contribution in [3.8, 4) is 0 Å². The lowest BCUT2D eigenvalue weighted by atomic mass is 9.86. The summed E-state index contributed by atoms with van der Waals surface area (Å²) in [5.41, 5.74) is -1.87. The van der Waals surface area contributed by atoms with Gasteiger partial charge in [0.15, 0.2) is 46.6 Å². The summed E-state index contributed by atoms with van der Waals surface area (Å²) in [5.74, 6) is -14.6. The molecule has 50 heavy (non-hydrogen) atoms. The number of nitrogens with zero attached hydrogens (tertiary/aromatic N) is 4. The van der Waals surface area contributed by atoms with Crippen LogP contribution in [0.5, 0.6) is 0 Å². The summed E-state index contributed by atoms with van der Waals surface area (Å²) >= 11 is 0.